The van der Waals surface area contributed by atoms with Gasteiger partial charge in [-0.2, -0.15) is 0 Å². The number of benzene rings is 1. The molecule has 0 spiro atoms. The summed E-state index contributed by atoms with van der Waals surface area (Å²) in [5.41, 5.74) is 0. The van der Waals surface area contributed by atoms with Crippen LogP contribution < -0.4 is 0 Å². The number of nitrogens with zero attached hydrogens (tertiary/aromatic N) is 1. The first kappa shape index (κ1) is 9.19. The first-order valence-corrected chi connectivity index (χ1v) is 5.46. The van der Waals surface area contributed by atoms with Crippen molar-refractivity contribution in [2.45, 2.75) is 0 Å². The van der Waals surface area contributed by atoms with Gasteiger partial charge in [0.25, 0.3) is 14.9 Å². The Labute approximate surface area is 77.0 Å². The molecule has 0 radical (unpaired) electrons. The van der Waals surface area contributed by atoms with Crippen LogP contribution in [0.25, 0.3) is 0 Å². The maximum absolute atomic E-state index is 10.0. The van der Waals surface area contributed by atoms with Crippen molar-refractivity contribution in [2.75, 3.05) is 11.9 Å². The molecule has 1 aromatic carbocycles. The zero-order valence-corrected chi connectivity index (χ0v) is 8.03. The van der Waals surface area contributed by atoms with Crippen molar-refractivity contribution in [1.82, 2.24) is 0 Å². The van der Waals surface area contributed by atoms with Crippen LogP contribution in [0, 0.1) is 25.0 Å². The molecule has 3 nitrogen and oxygen atoms in total. The standard InChI is InChI=1S/C8H9BrNO2/c11-10(12)7-6-9-8-4-2-1-3-5-8/h1-5H,6-7H2/q+1. The highest BCUT2D eigenvalue weighted by Crippen LogP contribution is 2.01. The molecule has 0 fully saturated rings. The zero-order chi connectivity index (χ0) is 8.81. The first-order chi connectivity index (χ1) is 5.79. The highest BCUT2D eigenvalue weighted by atomic mass is 79.9. The summed E-state index contributed by atoms with van der Waals surface area (Å²) in [6.45, 7) is 0.0783. The second-order valence-electron chi connectivity index (χ2n) is 2.17. The first-order valence-electron chi connectivity index (χ1n) is 3.55. The third-order valence-electron chi connectivity index (χ3n) is 1.25. The molecule has 1 aromatic rings. The topological polar surface area (TPSA) is 43.1 Å². The number of halogens is 1. The van der Waals surface area contributed by atoms with Crippen LogP contribution in [0.2, 0.25) is 0 Å². The Kier molecular flexibility index (Phi) is 3.73. The van der Waals surface area contributed by atoms with E-state index in [-0.39, 0.29) is 11.5 Å². The summed E-state index contributed by atoms with van der Waals surface area (Å²) in [5.74, 6) is 0. The van der Waals surface area contributed by atoms with Crippen molar-refractivity contribution in [2.24, 2.45) is 0 Å². The molecule has 0 bridgehead atoms. The Morgan fingerprint density at radius 2 is 2.00 bits per heavy atom. The van der Waals surface area contributed by atoms with Crippen molar-refractivity contribution in [3.63, 3.8) is 0 Å². The van der Waals surface area contributed by atoms with Crippen LogP contribution in [0.3, 0.4) is 0 Å². The molecule has 0 atom stereocenters. The minimum Gasteiger partial charge on any atom is -0.264 e. The van der Waals surface area contributed by atoms with Crippen LogP contribution in [0.5, 0.6) is 0 Å². The monoisotopic (exact) mass is 230 g/mol. The SMILES string of the molecule is O=[N+]([O-])CC[Br+]c1ccccc1. The molecule has 0 aromatic heterocycles. The lowest BCUT2D eigenvalue weighted by Crippen LogP contribution is -2.06. The van der Waals surface area contributed by atoms with E-state index in [1.165, 1.54) is 4.47 Å². The summed E-state index contributed by atoms with van der Waals surface area (Å²) in [6.07, 6.45) is 0. The third kappa shape index (κ3) is 3.48. The minimum absolute atomic E-state index is 0.0783. The molecular formula is C8H9BrNO2+. The van der Waals surface area contributed by atoms with Gasteiger partial charge >= 0.3 is 0 Å². The third-order valence-corrected chi connectivity index (χ3v) is 3.18. The molecule has 0 unspecified atom stereocenters. The molecule has 12 heavy (non-hydrogen) atoms. The predicted molar refractivity (Wildman–Crippen MR) is 41.9 cm³/mol. The quantitative estimate of drug-likeness (QED) is 0.446. The fourth-order valence-electron chi connectivity index (χ4n) is 0.724. The van der Waals surface area contributed by atoms with E-state index in [0.29, 0.717) is 20.2 Å². The predicted octanol–water partition coefficient (Wildman–Crippen LogP) is 1.42. The molecule has 0 saturated carbocycles. The van der Waals surface area contributed by atoms with Gasteiger partial charge in [-0.1, -0.05) is 18.2 Å². The van der Waals surface area contributed by atoms with Crippen LogP contribution in [0.15, 0.2) is 34.8 Å². The van der Waals surface area contributed by atoms with E-state index in [9.17, 15) is 10.1 Å². The van der Waals surface area contributed by atoms with E-state index in [2.05, 4.69) is 0 Å². The lowest BCUT2D eigenvalue weighted by Gasteiger charge is -1.83. The molecule has 64 valence electrons. The van der Waals surface area contributed by atoms with Crippen molar-refractivity contribution in [3.05, 3.63) is 44.9 Å². The minimum atomic E-state index is -0.267. The lowest BCUT2D eigenvalue weighted by atomic mass is 10.4. The van der Waals surface area contributed by atoms with Gasteiger partial charge in [0.05, 0.1) is 0 Å². The highest BCUT2D eigenvalue weighted by Gasteiger charge is 2.12. The number of rotatable bonds is 4. The van der Waals surface area contributed by atoms with E-state index in [1.54, 1.807) is 0 Å². The normalized spacial score (nSPS) is 9.67. The van der Waals surface area contributed by atoms with Gasteiger partial charge in [0.15, 0.2) is 4.47 Å². The number of alkyl halides is 1. The average molecular weight is 231 g/mol. The van der Waals surface area contributed by atoms with Crippen molar-refractivity contribution in [1.29, 1.82) is 0 Å². The van der Waals surface area contributed by atoms with Crippen LogP contribution in [-0.4, -0.2) is 16.8 Å². The van der Waals surface area contributed by atoms with Crippen LogP contribution in [0.1, 0.15) is 0 Å². The summed E-state index contributed by atoms with van der Waals surface area (Å²) >= 11 is 0.526. The van der Waals surface area contributed by atoms with Crippen LogP contribution in [0.4, 0.5) is 0 Å². The van der Waals surface area contributed by atoms with Gasteiger partial charge in [-0.05, 0) is 12.1 Å². The van der Waals surface area contributed by atoms with E-state index in [4.69, 9.17) is 0 Å². The fraction of sp³-hybridized carbons (Fsp3) is 0.250. The van der Waals surface area contributed by atoms with Crippen LogP contribution >= 0.6 is 0 Å². The Bertz CT molecular complexity index is 250. The largest absolute Gasteiger partial charge is 0.282 e. The van der Waals surface area contributed by atoms with Gasteiger partial charge < -0.3 is 0 Å². The molecule has 0 amide bonds. The van der Waals surface area contributed by atoms with Gasteiger partial charge in [-0.25, -0.2) is 0 Å². The summed E-state index contributed by atoms with van der Waals surface area (Å²) < 4.78 is 1.20. The fourth-order valence-corrected chi connectivity index (χ4v) is 2.33. The highest BCUT2D eigenvalue weighted by molar-refractivity contribution is 5.00. The van der Waals surface area contributed by atoms with E-state index in [1.807, 2.05) is 30.3 Å². The van der Waals surface area contributed by atoms with E-state index < -0.39 is 0 Å². The zero-order valence-electron chi connectivity index (χ0n) is 6.44. The summed E-state index contributed by atoms with van der Waals surface area (Å²) in [4.78, 5) is 9.73. The van der Waals surface area contributed by atoms with Crippen molar-refractivity contribution < 1.29 is 19.8 Å². The Hall–Kier alpha value is -0.900. The number of hydrogen-bond donors (Lipinski definition) is 0. The maximum Gasteiger partial charge on any atom is 0.282 e. The lowest BCUT2D eigenvalue weighted by molar-refractivity contribution is -0.650. The molecule has 0 aliphatic heterocycles. The van der Waals surface area contributed by atoms with Gasteiger partial charge in [-0.15, -0.1) is 0 Å². The smallest absolute Gasteiger partial charge is 0.264 e. The van der Waals surface area contributed by atoms with E-state index >= 15 is 0 Å². The summed E-state index contributed by atoms with van der Waals surface area (Å²) in [5, 5.41) is 10.7. The Balaban J connectivity index is 2.29. The second-order valence-corrected chi connectivity index (χ2v) is 4.44. The second kappa shape index (κ2) is 4.87. The molecule has 0 N–H and O–H groups in total. The average Bonchev–Trinajstić information content (AvgIpc) is 2.05. The number of hydrogen-bond acceptors (Lipinski definition) is 2. The summed E-state index contributed by atoms with van der Waals surface area (Å²) in [6, 6.07) is 9.85. The van der Waals surface area contributed by atoms with E-state index in [0.717, 1.165) is 0 Å². The molecule has 0 saturated heterocycles. The van der Waals surface area contributed by atoms with Crippen LogP contribution in [-0.2, 0) is 0 Å². The molecule has 0 aliphatic rings. The molecule has 0 aliphatic carbocycles. The summed E-state index contributed by atoms with van der Waals surface area (Å²) in [7, 11) is 0. The Morgan fingerprint density at radius 1 is 1.33 bits per heavy atom. The molecule has 4 heteroatoms. The van der Waals surface area contributed by atoms with Crippen molar-refractivity contribution >= 4 is 0 Å². The van der Waals surface area contributed by atoms with Gasteiger partial charge in [-0.3, -0.25) is 10.1 Å². The Morgan fingerprint density at radius 3 is 2.58 bits per heavy atom. The number of nitro groups is 1. The van der Waals surface area contributed by atoms with Crippen molar-refractivity contribution in [3.8, 4) is 0 Å². The molecular weight excluding hydrogens is 222 g/mol. The van der Waals surface area contributed by atoms with Gasteiger partial charge in [0.2, 0.25) is 11.9 Å². The molecule has 1 rings (SSSR count). The van der Waals surface area contributed by atoms with Gasteiger partial charge in [0, 0.05) is 4.92 Å². The maximum atomic E-state index is 10.0. The molecule has 0 heterocycles. The van der Waals surface area contributed by atoms with Gasteiger partial charge in [0.1, 0.15) is 0 Å².